The van der Waals surface area contributed by atoms with E-state index in [1.807, 2.05) is 48.5 Å². The Morgan fingerprint density at radius 3 is 2.50 bits per heavy atom. The first kappa shape index (κ1) is 11.3. The van der Waals surface area contributed by atoms with Crippen LogP contribution in [0.15, 0.2) is 54.6 Å². The van der Waals surface area contributed by atoms with Crippen LogP contribution in [-0.4, -0.2) is 5.11 Å². The zero-order chi connectivity index (χ0) is 12.6. The van der Waals surface area contributed by atoms with E-state index in [0.29, 0.717) is 6.42 Å². The van der Waals surface area contributed by atoms with E-state index in [4.69, 9.17) is 4.74 Å². The molecule has 1 aliphatic rings. The highest BCUT2D eigenvalue weighted by molar-refractivity contribution is 5.40. The lowest BCUT2D eigenvalue weighted by atomic mass is 9.86. The van der Waals surface area contributed by atoms with Crippen LogP contribution in [0.4, 0.5) is 0 Å². The minimum atomic E-state index is -1.21. The van der Waals surface area contributed by atoms with E-state index in [-0.39, 0.29) is 5.92 Å². The van der Waals surface area contributed by atoms with E-state index in [0.717, 1.165) is 16.9 Å². The molecule has 0 aromatic heterocycles. The average molecular weight is 240 g/mol. The van der Waals surface area contributed by atoms with Crippen molar-refractivity contribution in [2.75, 3.05) is 0 Å². The number of aliphatic hydroxyl groups is 1. The van der Waals surface area contributed by atoms with Gasteiger partial charge in [0.05, 0.1) is 0 Å². The predicted octanol–water partition coefficient (Wildman–Crippen LogP) is 3.42. The van der Waals surface area contributed by atoms with Gasteiger partial charge in [0.1, 0.15) is 5.75 Å². The highest BCUT2D eigenvalue weighted by Gasteiger charge is 2.38. The van der Waals surface area contributed by atoms with Crippen molar-refractivity contribution in [2.45, 2.75) is 25.0 Å². The molecule has 2 unspecified atom stereocenters. The number of hydrogen-bond acceptors (Lipinski definition) is 2. The number of para-hydroxylation sites is 1. The van der Waals surface area contributed by atoms with Crippen molar-refractivity contribution in [2.24, 2.45) is 0 Å². The molecule has 2 heteroatoms. The maximum atomic E-state index is 10.7. The number of benzene rings is 2. The molecule has 3 rings (SSSR count). The zero-order valence-corrected chi connectivity index (χ0v) is 10.3. The largest absolute Gasteiger partial charge is 0.458 e. The lowest BCUT2D eigenvalue weighted by Gasteiger charge is -2.37. The third kappa shape index (κ3) is 1.79. The SMILES string of the molecule is CC1CC(O)(c2ccccc2)Oc2ccccc21. The van der Waals surface area contributed by atoms with Crippen LogP contribution in [-0.2, 0) is 5.79 Å². The average Bonchev–Trinajstić information content (AvgIpc) is 2.40. The molecular formula is C16H16O2. The number of hydrogen-bond donors (Lipinski definition) is 1. The Labute approximate surface area is 107 Å². The van der Waals surface area contributed by atoms with Crippen molar-refractivity contribution in [1.82, 2.24) is 0 Å². The van der Waals surface area contributed by atoms with Gasteiger partial charge < -0.3 is 9.84 Å². The quantitative estimate of drug-likeness (QED) is 0.827. The van der Waals surface area contributed by atoms with Crippen LogP contribution in [0.25, 0.3) is 0 Å². The summed E-state index contributed by atoms with van der Waals surface area (Å²) in [6.45, 7) is 2.12. The van der Waals surface area contributed by atoms with Gasteiger partial charge >= 0.3 is 0 Å². The van der Waals surface area contributed by atoms with E-state index in [1.165, 1.54) is 0 Å². The Hall–Kier alpha value is -1.80. The molecule has 2 atom stereocenters. The minimum absolute atomic E-state index is 0.278. The topological polar surface area (TPSA) is 29.5 Å². The second-order valence-electron chi connectivity index (χ2n) is 4.90. The van der Waals surface area contributed by atoms with Crippen LogP contribution >= 0.6 is 0 Å². The van der Waals surface area contributed by atoms with Gasteiger partial charge in [-0.1, -0.05) is 55.5 Å². The molecule has 92 valence electrons. The van der Waals surface area contributed by atoms with Gasteiger partial charge in [0, 0.05) is 12.0 Å². The summed E-state index contributed by atoms with van der Waals surface area (Å²) in [5.74, 6) is -0.155. The molecule has 0 fully saturated rings. The summed E-state index contributed by atoms with van der Waals surface area (Å²) in [5.41, 5.74) is 1.98. The second kappa shape index (κ2) is 4.14. The van der Waals surface area contributed by atoms with Crippen LogP contribution in [0.5, 0.6) is 5.75 Å². The van der Waals surface area contributed by atoms with Crippen molar-refractivity contribution in [3.63, 3.8) is 0 Å². The summed E-state index contributed by atoms with van der Waals surface area (Å²) in [6.07, 6.45) is 0.577. The Bertz CT molecular complexity index is 550. The molecule has 2 nitrogen and oxygen atoms in total. The highest BCUT2D eigenvalue weighted by Crippen LogP contribution is 2.43. The minimum Gasteiger partial charge on any atom is -0.458 e. The van der Waals surface area contributed by atoms with Crippen LogP contribution < -0.4 is 4.74 Å². The summed E-state index contributed by atoms with van der Waals surface area (Å²) < 4.78 is 5.83. The summed E-state index contributed by atoms with van der Waals surface area (Å²) in [5, 5.41) is 10.7. The van der Waals surface area contributed by atoms with Gasteiger partial charge in [-0.2, -0.15) is 0 Å². The van der Waals surface area contributed by atoms with E-state index in [1.54, 1.807) is 0 Å². The van der Waals surface area contributed by atoms with Crippen molar-refractivity contribution < 1.29 is 9.84 Å². The van der Waals surface area contributed by atoms with Gasteiger partial charge in [-0.25, -0.2) is 0 Å². The Balaban J connectivity index is 2.03. The molecule has 0 bridgehead atoms. The molecule has 2 aromatic rings. The summed E-state index contributed by atoms with van der Waals surface area (Å²) >= 11 is 0. The molecule has 1 aliphatic heterocycles. The molecule has 0 amide bonds. The number of rotatable bonds is 1. The Kier molecular flexibility index (Phi) is 2.60. The fourth-order valence-corrected chi connectivity index (χ4v) is 2.60. The molecule has 0 spiro atoms. The smallest absolute Gasteiger partial charge is 0.235 e. The lowest BCUT2D eigenvalue weighted by molar-refractivity contribution is -0.163. The standard InChI is InChI=1S/C16H16O2/c1-12-11-16(17,13-7-3-2-4-8-13)18-15-10-6-5-9-14(12)15/h2-10,12,17H,11H2,1H3. The van der Waals surface area contributed by atoms with Crippen LogP contribution in [0.1, 0.15) is 30.4 Å². The molecule has 1 N–H and O–H groups in total. The number of ether oxygens (including phenoxy) is 1. The van der Waals surface area contributed by atoms with Crippen LogP contribution in [0, 0.1) is 0 Å². The third-order valence-electron chi connectivity index (χ3n) is 3.54. The van der Waals surface area contributed by atoms with Crippen molar-refractivity contribution in [1.29, 1.82) is 0 Å². The van der Waals surface area contributed by atoms with Gasteiger partial charge in [0.15, 0.2) is 0 Å². The zero-order valence-electron chi connectivity index (χ0n) is 10.3. The van der Waals surface area contributed by atoms with E-state index in [2.05, 4.69) is 13.0 Å². The molecular weight excluding hydrogens is 224 g/mol. The summed E-state index contributed by atoms with van der Waals surface area (Å²) in [4.78, 5) is 0. The van der Waals surface area contributed by atoms with Crippen molar-refractivity contribution >= 4 is 0 Å². The first-order valence-corrected chi connectivity index (χ1v) is 6.25. The normalized spacial score (nSPS) is 26.2. The van der Waals surface area contributed by atoms with E-state index in [9.17, 15) is 5.11 Å². The van der Waals surface area contributed by atoms with Crippen molar-refractivity contribution in [3.8, 4) is 5.75 Å². The Morgan fingerprint density at radius 2 is 1.72 bits per heavy atom. The summed E-state index contributed by atoms with van der Waals surface area (Å²) in [7, 11) is 0. The van der Waals surface area contributed by atoms with Gasteiger partial charge in [-0.15, -0.1) is 0 Å². The molecule has 0 aliphatic carbocycles. The van der Waals surface area contributed by atoms with Crippen molar-refractivity contribution in [3.05, 3.63) is 65.7 Å². The maximum absolute atomic E-state index is 10.7. The first-order valence-electron chi connectivity index (χ1n) is 6.25. The van der Waals surface area contributed by atoms with Crippen LogP contribution in [0.2, 0.25) is 0 Å². The fraction of sp³-hybridized carbons (Fsp3) is 0.250. The second-order valence-corrected chi connectivity index (χ2v) is 4.90. The van der Waals surface area contributed by atoms with Gasteiger partial charge in [-0.05, 0) is 17.5 Å². The van der Waals surface area contributed by atoms with Gasteiger partial charge in [0.2, 0.25) is 5.79 Å². The predicted molar refractivity (Wildman–Crippen MR) is 70.4 cm³/mol. The van der Waals surface area contributed by atoms with E-state index >= 15 is 0 Å². The van der Waals surface area contributed by atoms with Gasteiger partial charge in [-0.3, -0.25) is 0 Å². The molecule has 18 heavy (non-hydrogen) atoms. The number of fused-ring (bicyclic) bond motifs is 1. The molecule has 2 aromatic carbocycles. The maximum Gasteiger partial charge on any atom is 0.235 e. The molecule has 0 saturated carbocycles. The highest BCUT2D eigenvalue weighted by atomic mass is 16.6. The monoisotopic (exact) mass is 240 g/mol. The first-order chi connectivity index (χ1) is 8.69. The Morgan fingerprint density at radius 1 is 1.06 bits per heavy atom. The third-order valence-corrected chi connectivity index (χ3v) is 3.54. The van der Waals surface area contributed by atoms with Gasteiger partial charge in [0.25, 0.3) is 0 Å². The molecule has 1 heterocycles. The molecule has 0 radical (unpaired) electrons. The van der Waals surface area contributed by atoms with Crippen LogP contribution in [0.3, 0.4) is 0 Å². The van der Waals surface area contributed by atoms with E-state index < -0.39 is 5.79 Å². The fourth-order valence-electron chi connectivity index (χ4n) is 2.60. The lowest BCUT2D eigenvalue weighted by Crippen LogP contribution is -2.37. The molecule has 0 saturated heterocycles. The summed E-state index contributed by atoms with van der Waals surface area (Å²) in [6, 6.07) is 17.5.